The van der Waals surface area contributed by atoms with Gasteiger partial charge < -0.3 is 19.9 Å². The minimum atomic E-state index is 0.600. The zero-order chi connectivity index (χ0) is 17.2. The molecule has 0 spiro atoms. The van der Waals surface area contributed by atoms with E-state index in [1.807, 2.05) is 0 Å². The molecular formula is C17H31N5O2. The lowest BCUT2D eigenvalue weighted by molar-refractivity contribution is 0.0389. The molecule has 7 nitrogen and oxygen atoms in total. The first-order valence-corrected chi connectivity index (χ1v) is 9.07. The average Bonchev–Trinajstić information content (AvgIpc) is 3.02. The van der Waals surface area contributed by atoms with Crippen LogP contribution in [0, 0.1) is 0 Å². The number of morpholine rings is 1. The number of rotatable bonds is 8. The van der Waals surface area contributed by atoms with E-state index in [4.69, 9.17) is 14.3 Å². The summed E-state index contributed by atoms with van der Waals surface area (Å²) in [6.07, 6.45) is 1.72. The summed E-state index contributed by atoms with van der Waals surface area (Å²) in [7, 11) is 0. The molecule has 0 atom stereocenters. The van der Waals surface area contributed by atoms with Gasteiger partial charge in [-0.15, -0.1) is 0 Å². The van der Waals surface area contributed by atoms with Crippen molar-refractivity contribution < 1.29 is 9.26 Å². The molecule has 1 fully saturated rings. The summed E-state index contributed by atoms with van der Waals surface area (Å²) in [5.41, 5.74) is 2.14. The van der Waals surface area contributed by atoms with Gasteiger partial charge in [-0.25, -0.2) is 4.99 Å². The molecule has 136 valence electrons. The summed E-state index contributed by atoms with van der Waals surface area (Å²) in [5.74, 6) is 1.79. The maximum atomic E-state index is 5.41. The van der Waals surface area contributed by atoms with Crippen LogP contribution in [-0.4, -0.2) is 62.0 Å². The Morgan fingerprint density at radius 1 is 1.17 bits per heavy atom. The molecule has 2 rings (SSSR count). The summed E-state index contributed by atoms with van der Waals surface area (Å²) in [6.45, 7) is 13.3. The molecule has 0 amide bonds. The monoisotopic (exact) mass is 337 g/mol. The Morgan fingerprint density at radius 2 is 1.96 bits per heavy atom. The number of aromatic nitrogens is 1. The molecule has 24 heavy (non-hydrogen) atoms. The molecule has 0 bridgehead atoms. The van der Waals surface area contributed by atoms with Gasteiger partial charge in [-0.1, -0.05) is 19.0 Å². The first-order chi connectivity index (χ1) is 11.8. The fraction of sp³-hybridized carbons (Fsp3) is 0.765. The molecule has 0 aliphatic carbocycles. The second-order valence-corrected chi connectivity index (χ2v) is 5.81. The van der Waals surface area contributed by atoms with Gasteiger partial charge >= 0.3 is 0 Å². The Morgan fingerprint density at radius 3 is 2.62 bits per heavy atom. The fourth-order valence-electron chi connectivity index (χ4n) is 2.77. The number of ether oxygens (including phenoxy) is 1. The summed E-state index contributed by atoms with van der Waals surface area (Å²) in [4.78, 5) is 7.11. The molecule has 2 heterocycles. The van der Waals surface area contributed by atoms with E-state index in [2.05, 4.69) is 41.5 Å². The third kappa shape index (κ3) is 5.49. The van der Waals surface area contributed by atoms with E-state index in [0.29, 0.717) is 6.54 Å². The van der Waals surface area contributed by atoms with E-state index >= 15 is 0 Å². The highest BCUT2D eigenvalue weighted by atomic mass is 16.5. The van der Waals surface area contributed by atoms with Crippen molar-refractivity contribution in [1.29, 1.82) is 0 Å². The van der Waals surface area contributed by atoms with E-state index in [-0.39, 0.29) is 0 Å². The standard InChI is InChI=1S/C17H31N5O2/c1-4-15-14(16(5-2)24-21-15)13-20-17(18-6-3)19-7-8-22-9-11-23-12-10-22/h4-13H2,1-3H3,(H2,18,19,20). The molecule has 0 aromatic carbocycles. The number of nitrogens with one attached hydrogen (secondary N) is 2. The van der Waals surface area contributed by atoms with Crippen LogP contribution >= 0.6 is 0 Å². The second-order valence-electron chi connectivity index (χ2n) is 5.81. The summed E-state index contributed by atoms with van der Waals surface area (Å²) >= 11 is 0. The number of hydrogen-bond donors (Lipinski definition) is 2. The molecule has 0 unspecified atom stereocenters. The van der Waals surface area contributed by atoms with Crippen LogP contribution in [0.2, 0.25) is 0 Å². The Hall–Kier alpha value is -1.60. The van der Waals surface area contributed by atoms with Crippen molar-refractivity contribution in [2.45, 2.75) is 40.2 Å². The quantitative estimate of drug-likeness (QED) is 0.548. The molecule has 0 radical (unpaired) electrons. The van der Waals surface area contributed by atoms with Crippen LogP contribution in [0.15, 0.2) is 9.52 Å². The highest BCUT2D eigenvalue weighted by Crippen LogP contribution is 2.16. The highest BCUT2D eigenvalue weighted by molar-refractivity contribution is 5.79. The van der Waals surface area contributed by atoms with Crippen molar-refractivity contribution in [1.82, 2.24) is 20.7 Å². The maximum Gasteiger partial charge on any atom is 0.191 e. The summed E-state index contributed by atoms with van der Waals surface area (Å²) in [5, 5.41) is 10.9. The third-order valence-corrected chi connectivity index (χ3v) is 4.17. The van der Waals surface area contributed by atoms with Crippen molar-refractivity contribution in [2.24, 2.45) is 4.99 Å². The van der Waals surface area contributed by atoms with Crippen LogP contribution in [0.4, 0.5) is 0 Å². The lowest BCUT2D eigenvalue weighted by Gasteiger charge is -2.26. The van der Waals surface area contributed by atoms with Crippen LogP contribution in [0.1, 0.15) is 37.8 Å². The van der Waals surface area contributed by atoms with Crippen molar-refractivity contribution in [3.05, 3.63) is 17.0 Å². The molecule has 7 heteroatoms. The number of nitrogens with zero attached hydrogens (tertiary/aromatic N) is 3. The normalized spacial score (nSPS) is 16.4. The van der Waals surface area contributed by atoms with Gasteiger partial charge in [-0.2, -0.15) is 0 Å². The van der Waals surface area contributed by atoms with Gasteiger partial charge in [0.05, 0.1) is 25.5 Å². The van der Waals surface area contributed by atoms with E-state index in [1.54, 1.807) is 0 Å². The number of hydrogen-bond acceptors (Lipinski definition) is 5. The maximum absolute atomic E-state index is 5.41. The summed E-state index contributed by atoms with van der Waals surface area (Å²) < 4.78 is 10.8. The van der Waals surface area contributed by atoms with Gasteiger partial charge in [0.2, 0.25) is 0 Å². The SMILES string of the molecule is CCNC(=NCc1c(CC)noc1CC)NCCN1CCOCC1. The Kier molecular flexibility index (Phi) is 8.04. The zero-order valence-electron chi connectivity index (χ0n) is 15.2. The second kappa shape index (κ2) is 10.3. The lowest BCUT2D eigenvalue weighted by atomic mass is 10.1. The molecule has 0 saturated carbocycles. The third-order valence-electron chi connectivity index (χ3n) is 4.17. The first-order valence-electron chi connectivity index (χ1n) is 9.07. The largest absolute Gasteiger partial charge is 0.379 e. The van der Waals surface area contributed by atoms with Gasteiger partial charge in [0.15, 0.2) is 5.96 Å². The molecule has 1 saturated heterocycles. The molecular weight excluding hydrogens is 306 g/mol. The van der Waals surface area contributed by atoms with Gasteiger partial charge in [-0.3, -0.25) is 4.90 Å². The van der Waals surface area contributed by atoms with Crippen LogP contribution in [0.3, 0.4) is 0 Å². The van der Waals surface area contributed by atoms with Gasteiger partial charge in [0.25, 0.3) is 0 Å². The predicted molar refractivity (Wildman–Crippen MR) is 95.3 cm³/mol. The number of guanidine groups is 1. The first kappa shape index (κ1) is 18.7. The van der Waals surface area contributed by atoms with Crippen molar-refractivity contribution in [3.8, 4) is 0 Å². The number of aliphatic imine (C=N–C) groups is 1. The van der Waals surface area contributed by atoms with Gasteiger partial charge in [0.1, 0.15) is 5.76 Å². The lowest BCUT2D eigenvalue weighted by Crippen LogP contribution is -2.44. The minimum Gasteiger partial charge on any atom is -0.379 e. The van der Waals surface area contributed by atoms with E-state index in [1.165, 1.54) is 0 Å². The Bertz CT molecular complexity index is 488. The van der Waals surface area contributed by atoms with Crippen LogP contribution in [0.5, 0.6) is 0 Å². The molecule has 2 N–H and O–H groups in total. The predicted octanol–water partition coefficient (Wildman–Crippen LogP) is 1.19. The minimum absolute atomic E-state index is 0.600. The smallest absolute Gasteiger partial charge is 0.191 e. The molecule has 1 aliphatic heterocycles. The Labute approximate surface area is 144 Å². The molecule has 1 aromatic heterocycles. The van der Waals surface area contributed by atoms with Crippen LogP contribution < -0.4 is 10.6 Å². The van der Waals surface area contributed by atoms with Gasteiger partial charge in [0, 0.05) is 44.7 Å². The van der Waals surface area contributed by atoms with Crippen LogP contribution in [-0.2, 0) is 24.1 Å². The van der Waals surface area contributed by atoms with Crippen LogP contribution in [0.25, 0.3) is 0 Å². The molecule has 1 aliphatic rings. The Balaban J connectivity index is 1.89. The van der Waals surface area contributed by atoms with Crippen molar-refractivity contribution >= 4 is 5.96 Å². The van der Waals surface area contributed by atoms with E-state index in [0.717, 1.165) is 81.8 Å². The highest BCUT2D eigenvalue weighted by Gasteiger charge is 2.13. The van der Waals surface area contributed by atoms with Crippen molar-refractivity contribution in [2.75, 3.05) is 45.9 Å². The molecule has 1 aromatic rings. The number of aryl methyl sites for hydroxylation is 2. The van der Waals surface area contributed by atoms with E-state index < -0.39 is 0 Å². The average molecular weight is 337 g/mol. The topological polar surface area (TPSA) is 74.9 Å². The van der Waals surface area contributed by atoms with Crippen molar-refractivity contribution in [3.63, 3.8) is 0 Å². The van der Waals surface area contributed by atoms with Gasteiger partial charge in [-0.05, 0) is 13.3 Å². The van der Waals surface area contributed by atoms with E-state index in [9.17, 15) is 0 Å². The zero-order valence-corrected chi connectivity index (χ0v) is 15.2. The summed E-state index contributed by atoms with van der Waals surface area (Å²) in [6, 6.07) is 0. The fourth-order valence-corrected chi connectivity index (χ4v) is 2.77.